The van der Waals surface area contributed by atoms with Crippen LogP contribution in [0.25, 0.3) is 0 Å². The minimum absolute atomic E-state index is 0.217. The van der Waals surface area contributed by atoms with Gasteiger partial charge in [0.25, 0.3) is 22.6 Å². The highest BCUT2D eigenvalue weighted by Gasteiger charge is 2.25. The van der Waals surface area contributed by atoms with Crippen molar-refractivity contribution in [1.82, 2.24) is 14.5 Å². The van der Waals surface area contributed by atoms with Crippen LogP contribution in [0.2, 0.25) is 0 Å². The molecule has 0 bridgehead atoms. The van der Waals surface area contributed by atoms with E-state index >= 15 is 0 Å². The number of nitrogens with zero attached hydrogens (tertiary/aromatic N) is 4. The molecule has 1 aliphatic heterocycles. The predicted octanol–water partition coefficient (Wildman–Crippen LogP) is 4.38. The molecule has 2 aromatic heterocycles. The molecule has 36 heavy (non-hydrogen) atoms. The number of alkyl halides is 2. The van der Waals surface area contributed by atoms with Crippen molar-refractivity contribution in [3.63, 3.8) is 0 Å². The van der Waals surface area contributed by atoms with Crippen LogP contribution in [-0.2, 0) is 19.9 Å². The summed E-state index contributed by atoms with van der Waals surface area (Å²) in [6, 6.07) is 4.63. The molecule has 196 valence electrons. The molecular formula is C26H34F2N4O3S. The van der Waals surface area contributed by atoms with E-state index in [9.17, 15) is 18.4 Å². The van der Waals surface area contributed by atoms with Crippen molar-refractivity contribution >= 4 is 23.5 Å². The van der Waals surface area contributed by atoms with Gasteiger partial charge in [0.15, 0.2) is 6.61 Å². The van der Waals surface area contributed by atoms with Gasteiger partial charge in [-0.2, -0.15) is 0 Å². The molecule has 1 amide bonds. The van der Waals surface area contributed by atoms with Gasteiger partial charge in [-0.1, -0.05) is 17.4 Å². The van der Waals surface area contributed by atoms with Crippen LogP contribution in [0.4, 0.5) is 8.78 Å². The van der Waals surface area contributed by atoms with Crippen LogP contribution in [-0.4, -0.2) is 58.7 Å². The number of pyridine rings is 1. The average molecular weight is 521 g/mol. The summed E-state index contributed by atoms with van der Waals surface area (Å²) in [5.41, 5.74) is 1.08. The fraction of sp³-hybridized carbons (Fsp3) is 0.615. The minimum atomic E-state index is -2.85. The summed E-state index contributed by atoms with van der Waals surface area (Å²) >= 11 is 1.40. The molecule has 2 aliphatic rings. The van der Waals surface area contributed by atoms with Gasteiger partial charge in [-0.25, -0.2) is 18.8 Å². The predicted molar refractivity (Wildman–Crippen MR) is 137 cm³/mol. The Labute approximate surface area is 214 Å². The van der Waals surface area contributed by atoms with Crippen LogP contribution in [0, 0.1) is 11.8 Å². The van der Waals surface area contributed by atoms with Crippen molar-refractivity contribution in [2.45, 2.75) is 57.8 Å². The number of ether oxygens (including phenoxy) is 1. The first kappa shape index (κ1) is 26.6. The molecule has 2 aromatic rings. The lowest BCUT2D eigenvalue weighted by atomic mass is 9.81. The lowest BCUT2D eigenvalue weighted by Gasteiger charge is -2.28. The number of thiazole rings is 1. The molecule has 0 atom stereocenters. The molecule has 0 spiro atoms. The van der Waals surface area contributed by atoms with Gasteiger partial charge in [0.1, 0.15) is 5.69 Å². The van der Waals surface area contributed by atoms with Crippen LogP contribution >= 0.6 is 11.3 Å². The van der Waals surface area contributed by atoms with Crippen LogP contribution in [0.5, 0.6) is 5.19 Å². The third-order valence-electron chi connectivity index (χ3n) is 7.08. The molecule has 0 aromatic carbocycles. The van der Waals surface area contributed by atoms with E-state index in [1.165, 1.54) is 22.0 Å². The zero-order valence-corrected chi connectivity index (χ0v) is 21.7. The number of hydrogen-bond acceptors (Lipinski definition) is 6. The van der Waals surface area contributed by atoms with E-state index in [1.54, 1.807) is 25.4 Å². The van der Waals surface area contributed by atoms with E-state index in [2.05, 4.69) is 14.9 Å². The summed E-state index contributed by atoms with van der Waals surface area (Å²) in [5, 5.41) is 0.352. The number of rotatable bonds is 8. The third kappa shape index (κ3) is 7.29. The quantitative estimate of drug-likeness (QED) is 0.483. The Morgan fingerprint density at radius 1 is 1.25 bits per heavy atom. The summed E-state index contributed by atoms with van der Waals surface area (Å²) < 4.78 is 32.6. The molecule has 4 rings (SSSR count). The minimum Gasteiger partial charge on any atom is -0.464 e. The Hall–Kier alpha value is -2.46. The maximum absolute atomic E-state index is 13.0. The summed E-state index contributed by atoms with van der Waals surface area (Å²) in [6.07, 6.45) is 8.92. The van der Waals surface area contributed by atoms with Gasteiger partial charge >= 0.3 is 0 Å². The third-order valence-corrected chi connectivity index (χ3v) is 8.15. The summed E-state index contributed by atoms with van der Waals surface area (Å²) in [6.45, 7) is 3.13. The van der Waals surface area contributed by atoms with Gasteiger partial charge in [0.2, 0.25) is 0 Å². The van der Waals surface area contributed by atoms with Gasteiger partial charge in [-0.05, 0) is 63.0 Å². The van der Waals surface area contributed by atoms with Crippen molar-refractivity contribution in [3.8, 4) is 5.19 Å². The summed E-state index contributed by atoms with van der Waals surface area (Å²) in [5.74, 6) is -2.25. The number of aromatic nitrogens is 2. The Kier molecular flexibility index (Phi) is 8.66. The number of carbonyl (C=O) groups is 1. The number of fused-ring (bicyclic) bond motifs is 1. The van der Waals surface area contributed by atoms with Crippen LogP contribution in [0.3, 0.4) is 0 Å². The normalized spacial score (nSPS) is 21.3. The zero-order chi connectivity index (χ0) is 25.7. The number of carbonyl (C=O) groups excluding carboxylic acids is 1. The second kappa shape index (κ2) is 11.7. The molecule has 7 nitrogen and oxygen atoms in total. The van der Waals surface area contributed by atoms with Gasteiger partial charge in [-0.3, -0.25) is 9.59 Å². The lowest BCUT2D eigenvalue weighted by molar-refractivity contribution is -0.0230. The van der Waals surface area contributed by atoms with E-state index in [0.29, 0.717) is 22.7 Å². The molecule has 0 N–H and O–H groups in total. The first-order valence-electron chi connectivity index (χ1n) is 12.6. The molecular weight excluding hydrogens is 486 g/mol. The molecule has 0 saturated heterocycles. The van der Waals surface area contributed by atoms with E-state index in [1.807, 2.05) is 0 Å². The highest BCUT2D eigenvalue weighted by molar-refractivity contribution is 7.13. The van der Waals surface area contributed by atoms with Crippen molar-refractivity contribution in [3.05, 3.63) is 44.8 Å². The largest absolute Gasteiger partial charge is 0.464 e. The maximum Gasteiger partial charge on any atom is 0.293 e. The zero-order valence-electron chi connectivity index (χ0n) is 20.9. The van der Waals surface area contributed by atoms with Crippen molar-refractivity contribution in [1.29, 1.82) is 0 Å². The van der Waals surface area contributed by atoms with Crippen molar-refractivity contribution < 1.29 is 18.3 Å². The fourth-order valence-corrected chi connectivity index (χ4v) is 5.81. The Bertz CT molecular complexity index is 1110. The average Bonchev–Trinajstić information content (AvgIpc) is 3.15. The molecule has 10 heteroatoms. The standard InChI is InChI=1S/C26H34F2N4O3S/c1-26(27,28)17-35-25-30-20-11-14-32(15-12-22(20)36-25)13-10-18-6-8-19(9-7-18)16-29-24(34)21-4-3-5-23(33)31(21)2/h3-5,16,18-19H,6-15,17H2,1-2H3/b29-16+. The second-order valence-corrected chi connectivity index (χ2v) is 11.1. The first-order chi connectivity index (χ1) is 17.2. The van der Waals surface area contributed by atoms with E-state index in [4.69, 9.17) is 4.74 Å². The molecule has 3 heterocycles. The van der Waals surface area contributed by atoms with Crippen LogP contribution < -0.4 is 10.3 Å². The second-order valence-electron chi connectivity index (χ2n) is 10.0. The molecule has 1 aliphatic carbocycles. The number of hydrogen-bond donors (Lipinski definition) is 0. The molecule has 1 saturated carbocycles. The SMILES string of the molecule is Cn1c(C(=O)/N=C/C2CCC(CCN3CCc4nc(OCC(C)(F)F)sc4CC3)CC2)cccc1=O. The number of halogens is 2. The maximum atomic E-state index is 13.0. The topological polar surface area (TPSA) is 76.8 Å². The smallest absolute Gasteiger partial charge is 0.293 e. The molecule has 0 radical (unpaired) electrons. The Morgan fingerprint density at radius 2 is 2.00 bits per heavy atom. The summed E-state index contributed by atoms with van der Waals surface area (Å²) in [4.78, 5) is 36.3. The molecule has 1 fully saturated rings. The Morgan fingerprint density at radius 3 is 2.75 bits per heavy atom. The number of aliphatic imine (C=N–C) groups is 1. The highest BCUT2D eigenvalue weighted by atomic mass is 32.1. The monoisotopic (exact) mass is 520 g/mol. The fourth-order valence-electron chi connectivity index (χ4n) is 4.87. The molecule has 0 unspecified atom stereocenters. The van der Waals surface area contributed by atoms with Crippen LogP contribution in [0.15, 0.2) is 28.0 Å². The van der Waals surface area contributed by atoms with Crippen molar-refractivity contribution in [2.24, 2.45) is 23.9 Å². The van der Waals surface area contributed by atoms with Gasteiger partial charge in [0.05, 0.1) is 5.69 Å². The Balaban J connectivity index is 1.17. The van der Waals surface area contributed by atoms with Gasteiger partial charge in [0, 0.05) is 50.6 Å². The van der Waals surface area contributed by atoms with Crippen molar-refractivity contribution in [2.75, 3.05) is 26.2 Å². The van der Waals surface area contributed by atoms with Gasteiger partial charge < -0.3 is 14.2 Å². The lowest BCUT2D eigenvalue weighted by Crippen LogP contribution is -2.29. The first-order valence-corrected chi connectivity index (χ1v) is 13.5. The van der Waals surface area contributed by atoms with Crippen LogP contribution in [0.1, 0.15) is 60.1 Å². The number of amides is 1. The highest BCUT2D eigenvalue weighted by Crippen LogP contribution is 2.32. The van der Waals surface area contributed by atoms with E-state index in [-0.39, 0.29) is 11.5 Å². The summed E-state index contributed by atoms with van der Waals surface area (Å²) in [7, 11) is 1.58. The van der Waals surface area contributed by atoms with E-state index in [0.717, 1.165) is 82.1 Å². The van der Waals surface area contributed by atoms with E-state index < -0.39 is 12.5 Å². The van der Waals surface area contributed by atoms with Gasteiger partial charge in [-0.15, -0.1) is 0 Å².